The second kappa shape index (κ2) is 3.28. The lowest BCUT2D eigenvalue weighted by Gasteiger charge is -2.23. The van der Waals surface area contributed by atoms with E-state index in [-0.39, 0.29) is 5.41 Å². The largest absolute Gasteiger partial charge is 0.497 e. The minimum atomic E-state index is 0.157. The summed E-state index contributed by atoms with van der Waals surface area (Å²) in [5.74, 6) is 0.935. The summed E-state index contributed by atoms with van der Waals surface area (Å²) in [7, 11) is 1.70. The fourth-order valence-electron chi connectivity index (χ4n) is 2.22. The molecule has 0 heterocycles. The molecule has 0 radical (unpaired) electrons. The van der Waals surface area contributed by atoms with Crippen LogP contribution in [0.2, 0.25) is 0 Å². The van der Waals surface area contributed by atoms with Crippen LogP contribution in [-0.4, -0.2) is 13.7 Å². The average Bonchev–Trinajstić information content (AvgIpc) is 2.57. The van der Waals surface area contributed by atoms with Gasteiger partial charge in [-0.05, 0) is 36.1 Å². The fraction of sp³-hybridized carbons (Fsp3) is 0.500. The summed E-state index contributed by atoms with van der Waals surface area (Å²) in [4.78, 5) is 0. The molecule has 0 saturated heterocycles. The van der Waals surface area contributed by atoms with Crippen LogP contribution in [0.15, 0.2) is 18.2 Å². The molecule has 1 unspecified atom stereocenters. The number of hydrogen-bond donors (Lipinski definition) is 1. The second-order valence-electron chi connectivity index (χ2n) is 4.29. The summed E-state index contributed by atoms with van der Waals surface area (Å²) in [5.41, 5.74) is 8.79. The van der Waals surface area contributed by atoms with E-state index in [1.807, 2.05) is 6.07 Å². The molecule has 1 aromatic carbocycles. The molecule has 14 heavy (non-hydrogen) atoms. The van der Waals surface area contributed by atoms with Crippen molar-refractivity contribution in [2.24, 2.45) is 5.73 Å². The molecule has 0 aromatic heterocycles. The molecule has 2 rings (SSSR count). The molecule has 0 saturated carbocycles. The zero-order chi connectivity index (χ0) is 10.2. The van der Waals surface area contributed by atoms with Gasteiger partial charge in [0.25, 0.3) is 0 Å². The van der Waals surface area contributed by atoms with Crippen LogP contribution in [0, 0.1) is 0 Å². The number of methoxy groups -OCH3 is 1. The van der Waals surface area contributed by atoms with Crippen LogP contribution < -0.4 is 10.5 Å². The van der Waals surface area contributed by atoms with Crippen LogP contribution in [0.5, 0.6) is 5.75 Å². The minimum Gasteiger partial charge on any atom is -0.497 e. The lowest BCUT2D eigenvalue weighted by atomic mass is 9.84. The van der Waals surface area contributed by atoms with E-state index in [2.05, 4.69) is 19.1 Å². The summed E-state index contributed by atoms with van der Waals surface area (Å²) in [6, 6.07) is 6.32. The average molecular weight is 191 g/mol. The molecule has 1 aliphatic carbocycles. The van der Waals surface area contributed by atoms with Crippen molar-refractivity contribution >= 4 is 0 Å². The summed E-state index contributed by atoms with van der Waals surface area (Å²) in [6.45, 7) is 2.95. The first-order valence-electron chi connectivity index (χ1n) is 5.07. The number of rotatable bonds is 2. The van der Waals surface area contributed by atoms with Gasteiger partial charge in [0.1, 0.15) is 5.75 Å². The SMILES string of the molecule is COc1ccc2c(c1)C(C)(CN)CC2. The normalized spacial score (nSPS) is 24.8. The van der Waals surface area contributed by atoms with Crippen LogP contribution in [-0.2, 0) is 11.8 Å². The van der Waals surface area contributed by atoms with Crippen molar-refractivity contribution in [1.82, 2.24) is 0 Å². The molecule has 1 aliphatic rings. The summed E-state index contributed by atoms with van der Waals surface area (Å²) in [5, 5.41) is 0. The van der Waals surface area contributed by atoms with Crippen LogP contribution in [0.1, 0.15) is 24.5 Å². The van der Waals surface area contributed by atoms with Crippen molar-refractivity contribution in [3.8, 4) is 5.75 Å². The van der Waals surface area contributed by atoms with Crippen molar-refractivity contribution < 1.29 is 4.74 Å². The monoisotopic (exact) mass is 191 g/mol. The third-order valence-electron chi connectivity index (χ3n) is 3.36. The molecule has 2 heteroatoms. The quantitative estimate of drug-likeness (QED) is 0.774. The van der Waals surface area contributed by atoms with Gasteiger partial charge in [-0.3, -0.25) is 0 Å². The van der Waals surface area contributed by atoms with Crippen molar-refractivity contribution in [3.05, 3.63) is 29.3 Å². The number of fused-ring (bicyclic) bond motifs is 1. The summed E-state index contributed by atoms with van der Waals surface area (Å²) < 4.78 is 5.24. The fourth-order valence-corrected chi connectivity index (χ4v) is 2.22. The molecular formula is C12H17NO. The Hall–Kier alpha value is -1.02. The second-order valence-corrected chi connectivity index (χ2v) is 4.29. The molecule has 0 fully saturated rings. The molecule has 0 bridgehead atoms. The van der Waals surface area contributed by atoms with Gasteiger partial charge in [-0.15, -0.1) is 0 Å². The highest BCUT2D eigenvalue weighted by molar-refractivity contribution is 5.44. The summed E-state index contributed by atoms with van der Waals surface area (Å²) in [6.07, 6.45) is 2.30. The van der Waals surface area contributed by atoms with Gasteiger partial charge in [-0.1, -0.05) is 13.0 Å². The third kappa shape index (κ3) is 1.30. The maximum Gasteiger partial charge on any atom is 0.119 e. The topological polar surface area (TPSA) is 35.2 Å². The van der Waals surface area contributed by atoms with E-state index in [1.165, 1.54) is 11.1 Å². The first-order chi connectivity index (χ1) is 6.69. The Balaban J connectivity index is 2.47. The van der Waals surface area contributed by atoms with Crippen molar-refractivity contribution in [1.29, 1.82) is 0 Å². The van der Waals surface area contributed by atoms with E-state index in [9.17, 15) is 0 Å². The van der Waals surface area contributed by atoms with Crippen molar-refractivity contribution in [2.75, 3.05) is 13.7 Å². The molecule has 76 valence electrons. The summed E-state index contributed by atoms with van der Waals surface area (Å²) >= 11 is 0. The lowest BCUT2D eigenvalue weighted by Crippen LogP contribution is -2.28. The molecule has 1 aromatic rings. The van der Waals surface area contributed by atoms with E-state index >= 15 is 0 Å². The zero-order valence-electron chi connectivity index (χ0n) is 8.84. The van der Waals surface area contributed by atoms with Gasteiger partial charge in [0.2, 0.25) is 0 Å². The third-order valence-corrected chi connectivity index (χ3v) is 3.36. The van der Waals surface area contributed by atoms with Gasteiger partial charge in [0.05, 0.1) is 7.11 Å². The van der Waals surface area contributed by atoms with Gasteiger partial charge >= 0.3 is 0 Å². The number of hydrogen-bond acceptors (Lipinski definition) is 2. The molecule has 1 atom stereocenters. The van der Waals surface area contributed by atoms with Crippen LogP contribution >= 0.6 is 0 Å². The Labute approximate surface area is 85.1 Å². The van der Waals surface area contributed by atoms with E-state index < -0.39 is 0 Å². The lowest BCUT2D eigenvalue weighted by molar-refractivity contribution is 0.411. The van der Waals surface area contributed by atoms with Gasteiger partial charge in [0.15, 0.2) is 0 Å². The Morgan fingerprint density at radius 1 is 1.50 bits per heavy atom. The maximum atomic E-state index is 5.83. The van der Waals surface area contributed by atoms with E-state index in [4.69, 9.17) is 10.5 Å². The van der Waals surface area contributed by atoms with Crippen LogP contribution in [0.25, 0.3) is 0 Å². The first kappa shape index (κ1) is 9.53. The highest BCUT2D eigenvalue weighted by Gasteiger charge is 2.33. The molecule has 0 spiro atoms. The number of aryl methyl sites for hydroxylation is 1. The van der Waals surface area contributed by atoms with Crippen LogP contribution in [0.3, 0.4) is 0 Å². The zero-order valence-corrected chi connectivity index (χ0v) is 8.84. The maximum absolute atomic E-state index is 5.83. The number of benzene rings is 1. The Kier molecular flexibility index (Phi) is 2.23. The minimum absolute atomic E-state index is 0.157. The predicted molar refractivity (Wildman–Crippen MR) is 57.7 cm³/mol. The van der Waals surface area contributed by atoms with Gasteiger partial charge in [-0.25, -0.2) is 0 Å². The number of nitrogens with two attached hydrogens (primary N) is 1. The highest BCUT2D eigenvalue weighted by Crippen LogP contribution is 2.39. The van der Waals surface area contributed by atoms with Crippen LogP contribution in [0.4, 0.5) is 0 Å². The molecular weight excluding hydrogens is 174 g/mol. The molecule has 2 N–H and O–H groups in total. The van der Waals surface area contributed by atoms with Gasteiger partial charge < -0.3 is 10.5 Å². The first-order valence-corrected chi connectivity index (χ1v) is 5.07. The van der Waals surface area contributed by atoms with E-state index in [1.54, 1.807) is 7.11 Å². The Morgan fingerprint density at radius 3 is 2.93 bits per heavy atom. The standard InChI is InChI=1S/C12H17NO/c1-12(8-13)6-5-9-3-4-10(14-2)7-11(9)12/h3-4,7H,5-6,8,13H2,1-2H3. The predicted octanol–water partition coefficient (Wildman–Crippen LogP) is 1.86. The van der Waals surface area contributed by atoms with E-state index in [0.29, 0.717) is 6.54 Å². The van der Waals surface area contributed by atoms with Gasteiger partial charge in [-0.2, -0.15) is 0 Å². The van der Waals surface area contributed by atoms with Gasteiger partial charge in [0, 0.05) is 12.0 Å². The smallest absolute Gasteiger partial charge is 0.119 e. The van der Waals surface area contributed by atoms with E-state index in [0.717, 1.165) is 18.6 Å². The number of ether oxygens (including phenoxy) is 1. The van der Waals surface area contributed by atoms with Crippen molar-refractivity contribution in [2.45, 2.75) is 25.2 Å². The molecule has 2 nitrogen and oxygen atoms in total. The Morgan fingerprint density at radius 2 is 2.29 bits per heavy atom. The van der Waals surface area contributed by atoms with Crippen molar-refractivity contribution in [3.63, 3.8) is 0 Å². The highest BCUT2D eigenvalue weighted by atomic mass is 16.5. The molecule has 0 aliphatic heterocycles. The Bertz CT molecular complexity index is 348. The molecule has 0 amide bonds.